The first kappa shape index (κ1) is 15.6. The highest BCUT2D eigenvalue weighted by Crippen LogP contribution is 2.25. The van der Waals surface area contributed by atoms with Crippen LogP contribution in [0.2, 0.25) is 5.02 Å². The molecule has 7 heteroatoms. The van der Waals surface area contributed by atoms with E-state index < -0.39 is 5.69 Å². The highest BCUT2D eigenvalue weighted by Gasteiger charge is 2.22. The lowest BCUT2D eigenvalue weighted by Crippen LogP contribution is -2.50. The quantitative estimate of drug-likeness (QED) is 0.848. The van der Waals surface area contributed by atoms with E-state index in [0.717, 1.165) is 18.8 Å². The summed E-state index contributed by atoms with van der Waals surface area (Å²) in [4.78, 5) is 31.5. The average Bonchev–Trinajstić information content (AvgIpc) is 2.57. The minimum atomic E-state index is -0.407. The summed E-state index contributed by atoms with van der Waals surface area (Å²) in [6.07, 6.45) is 3.00. The van der Waals surface area contributed by atoms with Crippen LogP contribution in [0.1, 0.15) is 0 Å². The lowest BCUT2D eigenvalue weighted by molar-refractivity contribution is -0.132. The monoisotopic (exact) mass is 332 g/mol. The minimum Gasteiger partial charge on any atom is -0.367 e. The van der Waals surface area contributed by atoms with Crippen LogP contribution >= 0.6 is 11.6 Å². The molecule has 0 spiro atoms. The van der Waals surface area contributed by atoms with E-state index in [1.165, 1.54) is 10.8 Å². The summed E-state index contributed by atoms with van der Waals surface area (Å²) in [5.74, 6) is -0.0705. The van der Waals surface area contributed by atoms with Crippen molar-refractivity contribution >= 4 is 23.2 Å². The van der Waals surface area contributed by atoms with Crippen LogP contribution in [0.15, 0.2) is 47.5 Å². The first-order valence-electron chi connectivity index (χ1n) is 7.44. The molecule has 1 aliphatic rings. The Hall–Kier alpha value is -2.34. The normalized spacial score (nSPS) is 14.8. The smallest absolute Gasteiger partial charge is 0.347 e. The number of hydrogen-bond acceptors (Lipinski definition) is 4. The largest absolute Gasteiger partial charge is 0.367 e. The molecule has 0 radical (unpaired) electrons. The maximum absolute atomic E-state index is 12.3. The second-order valence-corrected chi connectivity index (χ2v) is 5.76. The molecular formula is C16H17ClN4O2. The van der Waals surface area contributed by atoms with E-state index in [0.29, 0.717) is 18.1 Å². The zero-order valence-corrected chi connectivity index (χ0v) is 13.3. The molecular weight excluding hydrogens is 316 g/mol. The highest BCUT2D eigenvalue weighted by atomic mass is 35.5. The van der Waals surface area contributed by atoms with Gasteiger partial charge in [-0.15, -0.1) is 0 Å². The molecule has 1 amide bonds. The molecule has 0 aliphatic carbocycles. The molecule has 2 heterocycles. The van der Waals surface area contributed by atoms with Crippen LogP contribution in [0.25, 0.3) is 0 Å². The topological polar surface area (TPSA) is 58.4 Å². The van der Waals surface area contributed by atoms with Crippen molar-refractivity contribution in [1.82, 2.24) is 14.5 Å². The fourth-order valence-electron chi connectivity index (χ4n) is 2.66. The van der Waals surface area contributed by atoms with Crippen molar-refractivity contribution in [1.29, 1.82) is 0 Å². The van der Waals surface area contributed by atoms with Crippen LogP contribution in [0.4, 0.5) is 5.69 Å². The molecule has 1 saturated heterocycles. The van der Waals surface area contributed by atoms with Crippen molar-refractivity contribution in [2.24, 2.45) is 0 Å². The fraction of sp³-hybridized carbons (Fsp3) is 0.312. The van der Waals surface area contributed by atoms with E-state index in [-0.39, 0.29) is 12.5 Å². The van der Waals surface area contributed by atoms with Gasteiger partial charge in [-0.05, 0) is 18.2 Å². The van der Waals surface area contributed by atoms with Gasteiger partial charge in [-0.2, -0.15) is 0 Å². The van der Waals surface area contributed by atoms with Crippen molar-refractivity contribution in [3.63, 3.8) is 0 Å². The van der Waals surface area contributed by atoms with Gasteiger partial charge in [-0.25, -0.2) is 9.78 Å². The average molecular weight is 333 g/mol. The molecule has 0 bridgehead atoms. The van der Waals surface area contributed by atoms with Crippen molar-refractivity contribution in [2.45, 2.75) is 6.54 Å². The third kappa shape index (κ3) is 3.53. The van der Waals surface area contributed by atoms with Crippen LogP contribution in [-0.2, 0) is 11.3 Å². The first-order valence-corrected chi connectivity index (χ1v) is 7.81. The van der Waals surface area contributed by atoms with Gasteiger partial charge in [0, 0.05) is 38.6 Å². The first-order chi connectivity index (χ1) is 11.1. The van der Waals surface area contributed by atoms with Gasteiger partial charge in [0.15, 0.2) is 0 Å². The predicted molar refractivity (Wildman–Crippen MR) is 88.7 cm³/mol. The van der Waals surface area contributed by atoms with E-state index in [4.69, 9.17) is 11.6 Å². The van der Waals surface area contributed by atoms with Crippen molar-refractivity contribution < 1.29 is 4.79 Å². The molecule has 6 nitrogen and oxygen atoms in total. The lowest BCUT2D eigenvalue weighted by atomic mass is 10.2. The Morgan fingerprint density at radius 3 is 2.57 bits per heavy atom. The molecule has 3 rings (SSSR count). The van der Waals surface area contributed by atoms with Crippen LogP contribution < -0.4 is 10.6 Å². The van der Waals surface area contributed by atoms with Gasteiger partial charge in [0.1, 0.15) is 6.54 Å². The molecule has 1 aliphatic heterocycles. The minimum absolute atomic E-state index is 0.0266. The van der Waals surface area contributed by atoms with Gasteiger partial charge in [0.25, 0.3) is 0 Å². The van der Waals surface area contributed by atoms with Crippen LogP contribution in [-0.4, -0.2) is 46.5 Å². The highest BCUT2D eigenvalue weighted by molar-refractivity contribution is 6.33. The number of piperazine rings is 1. The van der Waals surface area contributed by atoms with Gasteiger partial charge in [0.2, 0.25) is 5.91 Å². The summed E-state index contributed by atoms with van der Waals surface area (Å²) in [5.41, 5.74) is 0.584. The number of nitrogens with zero attached hydrogens (tertiary/aromatic N) is 4. The maximum atomic E-state index is 12.3. The Morgan fingerprint density at radius 2 is 1.87 bits per heavy atom. The Balaban J connectivity index is 1.61. The second kappa shape index (κ2) is 6.83. The summed E-state index contributed by atoms with van der Waals surface area (Å²) < 4.78 is 1.32. The van der Waals surface area contributed by atoms with Gasteiger partial charge < -0.3 is 9.80 Å². The second-order valence-electron chi connectivity index (χ2n) is 5.35. The zero-order valence-electron chi connectivity index (χ0n) is 12.6. The molecule has 1 fully saturated rings. The predicted octanol–water partition coefficient (Wildman–Crippen LogP) is 1.25. The molecule has 0 N–H and O–H groups in total. The molecule has 23 heavy (non-hydrogen) atoms. The molecule has 1 aromatic heterocycles. The summed E-state index contributed by atoms with van der Waals surface area (Å²) in [6, 6.07) is 9.34. The standard InChI is InChI=1S/C16H17ClN4O2/c17-13-4-1-2-5-14(13)19-8-10-20(11-9-19)15(22)12-21-7-3-6-18-16(21)23/h1-7H,8-12H2. The van der Waals surface area contributed by atoms with E-state index in [9.17, 15) is 9.59 Å². The molecule has 120 valence electrons. The number of hydrogen-bond donors (Lipinski definition) is 0. The summed E-state index contributed by atoms with van der Waals surface area (Å²) in [7, 11) is 0. The maximum Gasteiger partial charge on any atom is 0.347 e. The Kier molecular flexibility index (Phi) is 4.62. The zero-order chi connectivity index (χ0) is 16.2. The molecule has 2 aromatic rings. The number of halogens is 1. The number of para-hydroxylation sites is 1. The van der Waals surface area contributed by atoms with Gasteiger partial charge in [0.05, 0.1) is 10.7 Å². The van der Waals surface area contributed by atoms with E-state index in [2.05, 4.69) is 9.88 Å². The molecule has 0 unspecified atom stereocenters. The summed E-state index contributed by atoms with van der Waals surface area (Å²) in [6.45, 7) is 2.69. The SMILES string of the molecule is O=C(Cn1cccnc1=O)N1CCN(c2ccccc2Cl)CC1. The number of carbonyl (C=O) groups is 1. The number of carbonyl (C=O) groups excluding carboxylic acids is 1. The van der Waals surface area contributed by atoms with Crippen LogP contribution in [0, 0.1) is 0 Å². The van der Waals surface area contributed by atoms with Crippen LogP contribution in [0.5, 0.6) is 0 Å². The number of benzene rings is 1. The molecule has 1 aromatic carbocycles. The van der Waals surface area contributed by atoms with Gasteiger partial charge in [-0.1, -0.05) is 23.7 Å². The lowest BCUT2D eigenvalue weighted by Gasteiger charge is -2.36. The Morgan fingerprint density at radius 1 is 1.13 bits per heavy atom. The summed E-state index contributed by atoms with van der Waals surface area (Å²) >= 11 is 6.21. The Labute approximate surface area is 138 Å². The van der Waals surface area contributed by atoms with Crippen LogP contribution in [0.3, 0.4) is 0 Å². The Bertz CT molecular complexity index is 753. The van der Waals surface area contributed by atoms with E-state index >= 15 is 0 Å². The van der Waals surface area contributed by atoms with E-state index in [1.807, 2.05) is 24.3 Å². The number of aromatic nitrogens is 2. The van der Waals surface area contributed by atoms with Crippen molar-refractivity contribution in [2.75, 3.05) is 31.1 Å². The van der Waals surface area contributed by atoms with Crippen molar-refractivity contribution in [3.05, 3.63) is 58.2 Å². The van der Waals surface area contributed by atoms with Gasteiger partial charge >= 0.3 is 5.69 Å². The third-order valence-corrected chi connectivity index (χ3v) is 4.23. The van der Waals surface area contributed by atoms with Gasteiger partial charge in [-0.3, -0.25) is 9.36 Å². The fourth-order valence-corrected chi connectivity index (χ4v) is 2.91. The number of rotatable bonds is 3. The number of anilines is 1. The van der Waals surface area contributed by atoms with Crippen molar-refractivity contribution in [3.8, 4) is 0 Å². The summed E-state index contributed by atoms with van der Waals surface area (Å²) in [5, 5.41) is 0.717. The van der Waals surface area contributed by atoms with E-state index in [1.54, 1.807) is 17.2 Å². The number of amides is 1. The third-order valence-electron chi connectivity index (χ3n) is 3.91. The molecule has 0 atom stereocenters. The molecule has 0 saturated carbocycles.